The summed E-state index contributed by atoms with van der Waals surface area (Å²) in [4.78, 5) is 5.52. The fourth-order valence-corrected chi connectivity index (χ4v) is 3.36. The number of thioether (sulfide) groups is 1. The largest absolute Gasteiger partial charge is 0.356 e. The fourth-order valence-electron chi connectivity index (χ4n) is 2.06. The van der Waals surface area contributed by atoms with Crippen LogP contribution in [0.3, 0.4) is 0 Å². The van der Waals surface area contributed by atoms with Gasteiger partial charge in [0.25, 0.3) is 0 Å². The lowest BCUT2D eigenvalue weighted by atomic mass is 10.2. The molecule has 0 fully saturated rings. The Labute approximate surface area is 176 Å². The van der Waals surface area contributed by atoms with Crippen molar-refractivity contribution in [3.63, 3.8) is 0 Å². The van der Waals surface area contributed by atoms with Gasteiger partial charge in [0.2, 0.25) is 10.0 Å². The lowest BCUT2D eigenvalue weighted by Gasteiger charge is -2.12. The van der Waals surface area contributed by atoms with Crippen LogP contribution < -0.4 is 15.8 Å². The van der Waals surface area contributed by atoms with Gasteiger partial charge >= 0.3 is 0 Å². The van der Waals surface area contributed by atoms with E-state index in [0.717, 1.165) is 17.9 Å². The third-order valence-corrected chi connectivity index (χ3v) is 5.28. The maximum atomic E-state index is 11.2. The maximum absolute atomic E-state index is 11.2. The zero-order chi connectivity index (χ0) is 18.1. The van der Waals surface area contributed by atoms with Crippen molar-refractivity contribution in [3.8, 4) is 0 Å². The van der Waals surface area contributed by atoms with Gasteiger partial charge in [0.15, 0.2) is 5.96 Å². The van der Waals surface area contributed by atoms with Crippen molar-refractivity contribution < 1.29 is 8.42 Å². The first-order valence-electron chi connectivity index (χ1n) is 7.73. The number of nitrogens with one attached hydrogen (secondary N) is 2. The molecule has 0 amide bonds. The summed E-state index contributed by atoms with van der Waals surface area (Å²) in [5, 5.41) is 11.5. The Morgan fingerprint density at radius 3 is 2.31 bits per heavy atom. The van der Waals surface area contributed by atoms with E-state index in [0.29, 0.717) is 12.5 Å². The monoisotopic (exact) mass is 506 g/mol. The van der Waals surface area contributed by atoms with Gasteiger partial charge in [-0.1, -0.05) is 30.3 Å². The number of rotatable bonds is 7. The molecule has 0 spiro atoms. The molecule has 0 saturated carbocycles. The Morgan fingerprint density at radius 2 is 1.73 bits per heavy atom. The van der Waals surface area contributed by atoms with Gasteiger partial charge in [-0.05, 0) is 29.8 Å². The van der Waals surface area contributed by atoms with Crippen molar-refractivity contribution in [1.29, 1.82) is 0 Å². The average Bonchev–Trinajstić information content (AvgIpc) is 2.61. The van der Waals surface area contributed by atoms with Crippen molar-refractivity contribution >= 4 is 51.7 Å². The van der Waals surface area contributed by atoms with E-state index in [9.17, 15) is 8.42 Å². The number of halogens is 1. The fraction of sp³-hybridized carbons (Fsp3) is 0.235. The highest BCUT2D eigenvalue weighted by atomic mass is 127. The smallest absolute Gasteiger partial charge is 0.238 e. The first-order valence-corrected chi connectivity index (χ1v) is 10.3. The molecule has 0 aliphatic rings. The molecule has 0 unspecified atom stereocenters. The Kier molecular flexibility index (Phi) is 9.99. The van der Waals surface area contributed by atoms with Crippen LogP contribution in [-0.4, -0.2) is 33.7 Å². The predicted molar refractivity (Wildman–Crippen MR) is 119 cm³/mol. The van der Waals surface area contributed by atoms with Gasteiger partial charge in [0.05, 0.1) is 4.90 Å². The van der Waals surface area contributed by atoms with Crippen molar-refractivity contribution in [2.75, 3.05) is 19.3 Å². The van der Waals surface area contributed by atoms with E-state index in [4.69, 9.17) is 5.14 Å². The number of hydrogen-bond donors (Lipinski definition) is 3. The van der Waals surface area contributed by atoms with Crippen LogP contribution in [-0.2, 0) is 16.6 Å². The average molecular weight is 506 g/mol. The third-order valence-electron chi connectivity index (χ3n) is 3.34. The van der Waals surface area contributed by atoms with E-state index in [1.807, 2.05) is 18.2 Å². The molecule has 142 valence electrons. The number of guanidine groups is 1. The van der Waals surface area contributed by atoms with Gasteiger partial charge in [0.1, 0.15) is 0 Å². The van der Waals surface area contributed by atoms with E-state index in [2.05, 4.69) is 27.8 Å². The van der Waals surface area contributed by atoms with Crippen LogP contribution in [0, 0.1) is 0 Å². The molecule has 6 nitrogen and oxygen atoms in total. The highest BCUT2D eigenvalue weighted by molar-refractivity contribution is 14.0. The highest BCUT2D eigenvalue weighted by Crippen LogP contribution is 2.15. The third kappa shape index (κ3) is 7.94. The zero-order valence-electron chi connectivity index (χ0n) is 14.4. The molecule has 0 atom stereocenters. The summed E-state index contributed by atoms with van der Waals surface area (Å²) in [6.45, 7) is 1.32. The Hall–Kier alpha value is -1.30. The number of primary sulfonamides is 1. The molecule has 0 bridgehead atoms. The van der Waals surface area contributed by atoms with E-state index in [-0.39, 0.29) is 28.9 Å². The number of nitrogens with zero attached hydrogens (tertiary/aromatic N) is 1. The summed E-state index contributed by atoms with van der Waals surface area (Å²) in [5.41, 5.74) is 0.939. The minimum Gasteiger partial charge on any atom is -0.356 e. The number of sulfonamides is 1. The van der Waals surface area contributed by atoms with Crippen LogP contribution in [0.5, 0.6) is 0 Å². The minimum absolute atomic E-state index is 0. The van der Waals surface area contributed by atoms with Crippen LogP contribution >= 0.6 is 35.7 Å². The molecule has 9 heteroatoms. The summed E-state index contributed by atoms with van der Waals surface area (Å²) in [6.07, 6.45) is 0. The van der Waals surface area contributed by atoms with Crippen LogP contribution in [0.15, 0.2) is 69.4 Å². The van der Waals surface area contributed by atoms with Gasteiger partial charge in [-0.15, -0.1) is 35.7 Å². The topological polar surface area (TPSA) is 96.6 Å². The second kappa shape index (κ2) is 11.4. The van der Waals surface area contributed by atoms with Crippen molar-refractivity contribution in [1.82, 2.24) is 10.6 Å². The Bertz CT molecular complexity index is 797. The number of hydrogen-bond acceptors (Lipinski definition) is 4. The van der Waals surface area contributed by atoms with Crippen LogP contribution in [0.1, 0.15) is 5.56 Å². The SMILES string of the molecule is CN=C(NCCSc1ccccc1)NCc1ccc(S(N)(=O)=O)cc1.I. The van der Waals surface area contributed by atoms with E-state index >= 15 is 0 Å². The van der Waals surface area contributed by atoms with Crippen molar-refractivity contribution in [2.45, 2.75) is 16.3 Å². The first kappa shape index (κ1) is 22.7. The Balaban J connectivity index is 0.00000338. The molecule has 0 saturated heterocycles. The molecule has 4 N–H and O–H groups in total. The van der Waals surface area contributed by atoms with Gasteiger partial charge in [-0.2, -0.15) is 0 Å². The number of nitrogens with two attached hydrogens (primary N) is 1. The minimum atomic E-state index is -3.65. The lowest BCUT2D eigenvalue weighted by molar-refractivity contribution is 0.597. The highest BCUT2D eigenvalue weighted by Gasteiger charge is 2.06. The summed E-state index contributed by atoms with van der Waals surface area (Å²) in [5.74, 6) is 1.62. The molecule has 0 aliphatic heterocycles. The molecular formula is C17H23IN4O2S2. The molecule has 2 aromatic carbocycles. The number of aliphatic imine (C=N–C) groups is 1. The molecule has 0 radical (unpaired) electrons. The summed E-state index contributed by atoms with van der Waals surface area (Å²) in [7, 11) is -1.94. The van der Waals surface area contributed by atoms with E-state index in [1.165, 1.54) is 17.0 Å². The van der Waals surface area contributed by atoms with Gasteiger partial charge in [-0.25, -0.2) is 13.6 Å². The Morgan fingerprint density at radius 1 is 1.08 bits per heavy atom. The van der Waals surface area contributed by atoms with Gasteiger partial charge < -0.3 is 10.6 Å². The quantitative estimate of drug-likeness (QED) is 0.176. The van der Waals surface area contributed by atoms with E-state index in [1.54, 1.807) is 30.9 Å². The standard InChI is InChI=1S/C17H22N4O2S2.HI/c1-19-17(20-11-12-24-15-5-3-2-4-6-15)21-13-14-7-9-16(10-8-14)25(18,22)23;/h2-10H,11-13H2,1H3,(H2,18,22,23)(H2,19,20,21);1H. The molecule has 0 aromatic heterocycles. The first-order chi connectivity index (χ1) is 12.0. The second-order valence-corrected chi connectivity index (χ2v) is 7.93. The van der Waals surface area contributed by atoms with Crippen molar-refractivity contribution in [2.24, 2.45) is 10.1 Å². The molecular weight excluding hydrogens is 483 g/mol. The molecule has 26 heavy (non-hydrogen) atoms. The van der Waals surface area contributed by atoms with Gasteiger partial charge in [-0.3, -0.25) is 4.99 Å². The predicted octanol–water partition coefficient (Wildman–Crippen LogP) is 2.41. The molecule has 0 heterocycles. The van der Waals surface area contributed by atoms with Crippen LogP contribution in [0.25, 0.3) is 0 Å². The molecule has 2 rings (SSSR count). The normalized spacial score (nSPS) is 11.5. The molecule has 2 aromatic rings. The van der Waals surface area contributed by atoms with E-state index < -0.39 is 10.0 Å². The summed E-state index contributed by atoms with van der Waals surface area (Å²) < 4.78 is 22.5. The maximum Gasteiger partial charge on any atom is 0.238 e. The zero-order valence-corrected chi connectivity index (χ0v) is 18.3. The van der Waals surface area contributed by atoms with Gasteiger partial charge in [0, 0.05) is 30.8 Å². The van der Waals surface area contributed by atoms with Crippen LogP contribution in [0.4, 0.5) is 0 Å². The second-order valence-electron chi connectivity index (χ2n) is 5.20. The summed E-state index contributed by atoms with van der Waals surface area (Å²) in [6, 6.07) is 16.7. The van der Waals surface area contributed by atoms with Crippen molar-refractivity contribution in [3.05, 3.63) is 60.2 Å². The summed E-state index contributed by atoms with van der Waals surface area (Å²) >= 11 is 1.78. The van der Waals surface area contributed by atoms with Crippen LogP contribution in [0.2, 0.25) is 0 Å². The number of benzene rings is 2. The lowest BCUT2D eigenvalue weighted by Crippen LogP contribution is -2.37. The molecule has 0 aliphatic carbocycles.